The van der Waals surface area contributed by atoms with Crippen molar-refractivity contribution < 1.29 is 4.79 Å². The zero-order chi connectivity index (χ0) is 18.2. The lowest BCUT2D eigenvalue weighted by Crippen LogP contribution is -2.13. The lowest BCUT2D eigenvalue weighted by atomic mass is 10.2. The van der Waals surface area contributed by atoms with Crippen LogP contribution in [0.5, 0.6) is 0 Å². The molecule has 0 bridgehead atoms. The molecule has 0 radical (unpaired) electrons. The van der Waals surface area contributed by atoms with Gasteiger partial charge in [-0.1, -0.05) is 53.4 Å². The van der Waals surface area contributed by atoms with Crippen molar-refractivity contribution >= 4 is 39.8 Å². The SMILES string of the molecule is N#Cc1ccc(NC(=O)CSc2nnc(NCc3ccccc3)s2)cc1. The number of hydrogen-bond acceptors (Lipinski definition) is 7. The molecule has 0 atom stereocenters. The Balaban J connectivity index is 1.45. The molecule has 8 heteroatoms. The van der Waals surface area contributed by atoms with E-state index in [2.05, 4.69) is 20.8 Å². The minimum atomic E-state index is -0.131. The van der Waals surface area contributed by atoms with Gasteiger partial charge in [-0.15, -0.1) is 10.2 Å². The first-order valence-electron chi connectivity index (χ1n) is 7.77. The van der Waals surface area contributed by atoms with E-state index in [-0.39, 0.29) is 11.7 Å². The van der Waals surface area contributed by atoms with Gasteiger partial charge in [-0.05, 0) is 29.8 Å². The summed E-state index contributed by atoms with van der Waals surface area (Å²) in [6, 6.07) is 18.8. The quantitative estimate of drug-likeness (QED) is 0.606. The van der Waals surface area contributed by atoms with E-state index in [1.54, 1.807) is 24.3 Å². The van der Waals surface area contributed by atoms with Crippen molar-refractivity contribution in [2.24, 2.45) is 0 Å². The van der Waals surface area contributed by atoms with Crippen molar-refractivity contribution in [2.75, 3.05) is 16.4 Å². The number of nitrogens with one attached hydrogen (secondary N) is 2. The Hall–Kier alpha value is -2.89. The minimum Gasteiger partial charge on any atom is -0.356 e. The smallest absolute Gasteiger partial charge is 0.234 e. The van der Waals surface area contributed by atoms with Gasteiger partial charge in [0.05, 0.1) is 17.4 Å². The average Bonchev–Trinajstić information content (AvgIpc) is 3.14. The van der Waals surface area contributed by atoms with Gasteiger partial charge in [-0.3, -0.25) is 4.79 Å². The largest absolute Gasteiger partial charge is 0.356 e. The molecular formula is C18H15N5OS2. The van der Waals surface area contributed by atoms with Crippen molar-refractivity contribution in [3.63, 3.8) is 0 Å². The Morgan fingerprint density at radius 2 is 1.88 bits per heavy atom. The molecule has 0 unspecified atom stereocenters. The molecule has 6 nitrogen and oxygen atoms in total. The van der Waals surface area contributed by atoms with Crippen LogP contribution in [0, 0.1) is 11.3 Å². The summed E-state index contributed by atoms with van der Waals surface area (Å²) in [5.41, 5.74) is 2.39. The highest BCUT2D eigenvalue weighted by Crippen LogP contribution is 2.26. The first-order valence-corrected chi connectivity index (χ1v) is 9.57. The number of benzene rings is 2. The monoisotopic (exact) mass is 381 g/mol. The van der Waals surface area contributed by atoms with E-state index in [1.165, 1.54) is 28.7 Å². The van der Waals surface area contributed by atoms with Crippen LogP contribution >= 0.6 is 23.1 Å². The predicted molar refractivity (Wildman–Crippen MR) is 104 cm³/mol. The number of aromatic nitrogens is 2. The van der Waals surface area contributed by atoms with E-state index in [9.17, 15) is 4.79 Å². The maximum atomic E-state index is 12.0. The number of nitriles is 1. The Labute approximate surface area is 159 Å². The summed E-state index contributed by atoms with van der Waals surface area (Å²) in [5.74, 6) is 0.113. The van der Waals surface area contributed by atoms with E-state index >= 15 is 0 Å². The fourth-order valence-corrected chi connectivity index (χ4v) is 3.61. The maximum Gasteiger partial charge on any atom is 0.234 e. The van der Waals surface area contributed by atoms with Gasteiger partial charge in [0.15, 0.2) is 4.34 Å². The highest BCUT2D eigenvalue weighted by atomic mass is 32.2. The number of carbonyl (C=O) groups is 1. The summed E-state index contributed by atoms with van der Waals surface area (Å²) in [5, 5.41) is 23.7. The highest BCUT2D eigenvalue weighted by Gasteiger charge is 2.08. The summed E-state index contributed by atoms with van der Waals surface area (Å²) in [6.45, 7) is 0.680. The fraction of sp³-hybridized carbons (Fsp3) is 0.111. The number of rotatable bonds is 7. The summed E-state index contributed by atoms with van der Waals surface area (Å²) >= 11 is 2.76. The maximum absolute atomic E-state index is 12.0. The van der Waals surface area contributed by atoms with Gasteiger partial charge in [-0.25, -0.2) is 0 Å². The molecule has 1 aromatic heterocycles. The molecule has 0 saturated heterocycles. The standard InChI is InChI=1S/C18H15N5OS2/c19-10-13-6-8-15(9-7-13)21-16(24)12-25-18-23-22-17(26-18)20-11-14-4-2-1-3-5-14/h1-9H,11-12H2,(H,20,22)(H,21,24). The second-order valence-corrected chi connectivity index (χ2v) is 7.44. The number of thioether (sulfide) groups is 1. The zero-order valence-corrected chi connectivity index (χ0v) is 15.3. The molecule has 130 valence electrons. The molecule has 3 rings (SSSR count). The van der Waals surface area contributed by atoms with Crippen LogP contribution in [0.1, 0.15) is 11.1 Å². The molecule has 0 aliphatic rings. The van der Waals surface area contributed by atoms with Gasteiger partial charge in [-0.2, -0.15) is 5.26 Å². The second kappa shape index (κ2) is 8.99. The second-order valence-electron chi connectivity index (χ2n) is 5.24. The number of amides is 1. The van der Waals surface area contributed by atoms with Gasteiger partial charge in [0.1, 0.15) is 0 Å². The summed E-state index contributed by atoms with van der Waals surface area (Å²) in [7, 11) is 0. The van der Waals surface area contributed by atoms with Crippen LogP contribution in [-0.4, -0.2) is 21.9 Å². The van der Waals surface area contributed by atoms with Gasteiger partial charge >= 0.3 is 0 Å². The van der Waals surface area contributed by atoms with Crippen LogP contribution in [0.15, 0.2) is 58.9 Å². The molecule has 0 aliphatic heterocycles. The summed E-state index contributed by atoms with van der Waals surface area (Å²) in [4.78, 5) is 12.0. The highest BCUT2D eigenvalue weighted by molar-refractivity contribution is 8.01. The molecule has 0 aliphatic carbocycles. The fourth-order valence-electron chi connectivity index (χ4n) is 2.07. The van der Waals surface area contributed by atoms with E-state index in [4.69, 9.17) is 5.26 Å². The third kappa shape index (κ3) is 5.31. The van der Waals surface area contributed by atoms with Gasteiger partial charge in [0, 0.05) is 12.2 Å². The van der Waals surface area contributed by atoms with Crippen molar-refractivity contribution in [1.29, 1.82) is 5.26 Å². The normalized spacial score (nSPS) is 10.1. The Morgan fingerprint density at radius 1 is 1.12 bits per heavy atom. The van der Waals surface area contributed by atoms with Crippen molar-refractivity contribution in [3.05, 3.63) is 65.7 Å². The molecular weight excluding hydrogens is 366 g/mol. The Kier molecular flexibility index (Phi) is 6.19. The van der Waals surface area contributed by atoms with Gasteiger partial charge in [0.2, 0.25) is 11.0 Å². The number of carbonyl (C=O) groups excluding carboxylic acids is 1. The molecule has 2 N–H and O–H groups in total. The van der Waals surface area contributed by atoms with E-state index < -0.39 is 0 Å². The summed E-state index contributed by atoms with van der Waals surface area (Å²) in [6.07, 6.45) is 0. The van der Waals surface area contributed by atoms with E-state index in [1.807, 2.05) is 36.4 Å². The first-order chi connectivity index (χ1) is 12.7. The molecule has 3 aromatic rings. The van der Waals surface area contributed by atoms with Crippen LogP contribution in [0.2, 0.25) is 0 Å². The van der Waals surface area contributed by atoms with Crippen LogP contribution in [0.25, 0.3) is 0 Å². The van der Waals surface area contributed by atoms with Crippen LogP contribution in [0.3, 0.4) is 0 Å². The van der Waals surface area contributed by atoms with Crippen LogP contribution < -0.4 is 10.6 Å². The predicted octanol–water partition coefficient (Wildman–Crippen LogP) is 3.75. The molecule has 2 aromatic carbocycles. The lowest BCUT2D eigenvalue weighted by Gasteiger charge is -2.03. The van der Waals surface area contributed by atoms with Crippen LogP contribution in [0.4, 0.5) is 10.8 Å². The Morgan fingerprint density at radius 3 is 2.62 bits per heavy atom. The van der Waals surface area contributed by atoms with Crippen molar-refractivity contribution in [1.82, 2.24) is 10.2 Å². The van der Waals surface area contributed by atoms with Crippen molar-refractivity contribution in [3.8, 4) is 6.07 Å². The average molecular weight is 381 g/mol. The Bertz CT molecular complexity index is 903. The summed E-state index contributed by atoms with van der Waals surface area (Å²) < 4.78 is 0.732. The van der Waals surface area contributed by atoms with Gasteiger partial charge in [0.25, 0.3) is 0 Å². The molecule has 26 heavy (non-hydrogen) atoms. The van der Waals surface area contributed by atoms with Gasteiger partial charge < -0.3 is 10.6 Å². The number of hydrogen-bond donors (Lipinski definition) is 2. The molecule has 1 amide bonds. The molecule has 0 spiro atoms. The van der Waals surface area contributed by atoms with Crippen molar-refractivity contribution in [2.45, 2.75) is 10.9 Å². The van der Waals surface area contributed by atoms with E-state index in [0.717, 1.165) is 9.47 Å². The molecule has 0 saturated carbocycles. The van der Waals surface area contributed by atoms with E-state index in [0.29, 0.717) is 17.8 Å². The minimum absolute atomic E-state index is 0.131. The number of anilines is 2. The first kappa shape index (κ1) is 17.9. The third-order valence-corrected chi connectivity index (χ3v) is 5.33. The van der Waals surface area contributed by atoms with Crippen LogP contribution in [-0.2, 0) is 11.3 Å². The lowest BCUT2D eigenvalue weighted by molar-refractivity contribution is -0.113. The topological polar surface area (TPSA) is 90.7 Å². The molecule has 0 fully saturated rings. The third-order valence-electron chi connectivity index (χ3n) is 3.32. The number of nitrogens with zero attached hydrogens (tertiary/aromatic N) is 3. The molecule has 1 heterocycles. The zero-order valence-electron chi connectivity index (χ0n) is 13.7.